The Labute approximate surface area is 109 Å². The van der Waals surface area contributed by atoms with Crippen LogP contribution in [0.3, 0.4) is 0 Å². The number of benzene rings is 1. The average Bonchev–Trinajstić information content (AvgIpc) is 3.03. The standard InChI is InChI=1S/C15H22N2O/c1-18-15-5-3-2-4-10(15)9-14(17-16)13-7-11-6-12(11)8-13/h2-5,11-14,17H,6-9,16H2,1H3. The van der Waals surface area contributed by atoms with Crippen LogP contribution in [-0.2, 0) is 6.42 Å². The van der Waals surface area contributed by atoms with Crippen LogP contribution < -0.4 is 16.0 Å². The zero-order chi connectivity index (χ0) is 12.5. The lowest BCUT2D eigenvalue weighted by molar-refractivity contribution is 0.330. The SMILES string of the molecule is COc1ccccc1CC(NN)C1CC2CC2C1. The molecule has 98 valence electrons. The Morgan fingerprint density at radius 3 is 2.67 bits per heavy atom. The van der Waals surface area contributed by atoms with Gasteiger partial charge in [-0.1, -0.05) is 18.2 Å². The minimum atomic E-state index is 0.383. The molecule has 0 saturated heterocycles. The maximum absolute atomic E-state index is 5.76. The molecule has 2 saturated carbocycles. The van der Waals surface area contributed by atoms with E-state index in [0.717, 1.165) is 29.9 Å². The largest absolute Gasteiger partial charge is 0.496 e. The molecule has 2 fully saturated rings. The Bertz CT molecular complexity index is 411. The fourth-order valence-electron chi connectivity index (χ4n) is 3.56. The number of nitrogens with one attached hydrogen (secondary N) is 1. The summed E-state index contributed by atoms with van der Waals surface area (Å²) in [6.45, 7) is 0. The van der Waals surface area contributed by atoms with E-state index in [1.54, 1.807) is 7.11 Å². The molecule has 0 aromatic heterocycles. The van der Waals surface area contributed by atoms with Gasteiger partial charge in [-0.15, -0.1) is 0 Å². The molecule has 3 heteroatoms. The van der Waals surface area contributed by atoms with Crippen molar-refractivity contribution >= 4 is 0 Å². The van der Waals surface area contributed by atoms with Gasteiger partial charge in [0.15, 0.2) is 0 Å². The zero-order valence-electron chi connectivity index (χ0n) is 10.9. The third-order valence-corrected chi connectivity index (χ3v) is 4.70. The molecule has 0 heterocycles. The van der Waals surface area contributed by atoms with Crippen molar-refractivity contribution in [3.8, 4) is 5.75 Å². The predicted molar refractivity (Wildman–Crippen MR) is 72.1 cm³/mol. The number of para-hydroxylation sites is 1. The molecular weight excluding hydrogens is 224 g/mol. The maximum atomic E-state index is 5.76. The first-order chi connectivity index (χ1) is 8.81. The van der Waals surface area contributed by atoms with Gasteiger partial charge in [0, 0.05) is 6.04 Å². The van der Waals surface area contributed by atoms with Gasteiger partial charge in [0.1, 0.15) is 5.75 Å². The van der Waals surface area contributed by atoms with Gasteiger partial charge in [0.25, 0.3) is 0 Å². The number of methoxy groups -OCH3 is 1. The van der Waals surface area contributed by atoms with Crippen molar-refractivity contribution in [2.75, 3.05) is 7.11 Å². The summed E-state index contributed by atoms with van der Waals surface area (Å²) >= 11 is 0. The summed E-state index contributed by atoms with van der Waals surface area (Å²) in [7, 11) is 1.73. The fourth-order valence-corrected chi connectivity index (χ4v) is 3.56. The van der Waals surface area contributed by atoms with E-state index < -0.39 is 0 Å². The topological polar surface area (TPSA) is 47.3 Å². The van der Waals surface area contributed by atoms with Crippen molar-refractivity contribution in [1.82, 2.24) is 5.43 Å². The van der Waals surface area contributed by atoms with Gasteiger partial charge in [0.2, 0.25) is 0 Å². The van der Waals surface area contributed by atoms with Crippen LogP contribution in [-0.4, -0.2) is 13.2 Å². The van der Waals surface area contributed by atoms with E-state index in [-0.39, 0.29) is 0 Å². The monoisotopic (exact) mass is 246 g/mol. The van der Waals surface area contributed by atoms with Crippen molar-refractivity contribution in [3.63, 3.8) is 0 Å². The summed E-state index contributed by atoms with van der Waals surface area (Å²) in [6, 6.07) is 8.62. The lowest BCUT2D eigenvalue weighted by Gasteiger charge is -2.24. The summed E-state index contributed by atoms with van der Waals surface area (Å²) in [6.07, 6.45) is 5.14. The van der Waals surface area contributed by atoms with Gasteiger partial charge in [-0.25, -0.2) is 0 Å². The first kappa shape index (κ1) is 12.0. The number of rotatable bonds is 5. The number of ether oxygens (including phenoxy) is 1. The highest BCUT2D eigenvalue weighted by molar-refractivity contribution is 5.34. The van der Waals surface area contributed by atoms with Crippen molar-refractivity contribution in [2.24, 2.45) is 23.6 Å². The van der Waals surface area contributed by atoms with Gasteiger partial charge in [0.05, 0.1) is 7.11 Å². The Kier molecular flexibility index (Phi) is 3.27. The zero-order valence-corrected chi connectivity index (χ0v) is 10.9. The first-order valence-electron chi connectivity index (χ1n) is 6.90. The summed E-state index contributed by atoms with van der Waals surface area (Å²) in [4.78, 5) is 0. The maximum Gasteiger partial charge on any atom is 0.122 e. The second-order valence-corrected chi connectivity index (χ2v) is 5.78. The molecule has 1 aromatic rings. The van der Waals surface area contributed by atoms with Crippen LogP contribution >= 0.6 is 0 Å². The predicted octanol–water partition coefficient (Wildman–Crippen LogP) is 2.12. The molecule has 1 aromatic carbocycles. The minimum Gasteiger partial charge on any atom is -0.496 e. The van der Waals surface area contributed by atoms with E-state index in [4.69, 9.17) is 10.6 Å². The van der Waals surface area contributed by atoms with Gasteiger partial charge in [-0.3, -0.25) is 11.3 Å². The van der Waals surface area contributed by atoms with Crippen molar-refractivity contribution in [1.29, 1.82) is 0 Å². The fraction of sp³-hybridized carbons (Fsp3) is 0.600. The Morgan fingerprint density at radius 1 is 1.28 bits per heavy atom. The van der Waals surface area contributed by atoms with Crippen LogP contribution in [0.25, 0.3) is 0 Å². The molecule has 3 atom stereocenters. The first-order valence-corrected chi connectivity index (χ1v) is 6.90. The van der Waals surface area contributed by atoms with Gasteiger partial charge in [-0.2, -0.15) is 0 Å². The van der Waals surface area contributed by atoms with Crippen LogP contribution in [0.1, 0.15) is 24.8 Å². The highest BCUT2D eigenvalue weighted by Crippen LogP contribution is 2.55. The van der Waals surface area contributed by atoms with Gasteiger partial charge >= 0.3 is 0 Å². The Hall–Kier alpha value is -1.06. The molecule has 3 N–H and O–H groups in total. The average molecular weight is 246 g/mol. The van der Waals surface area contributed by atoms with Gasteiger partial charge in [-0.05, 0) is 55.1 Å². The van der Waals surface area contributed by atoms with Crippen molar-refractivity contribution < 1.29 is 4.74 Å². The molecule has 0 spiro atoms. The molecule has 0 bridgehead atoms. The second kappa shape index (κ2) is 4.90. The van der Waals surface area contributed by atoms with Crippen molar-refractivity contribution in [3.05, 3.63) is 29.8 Å². The molecule has 3 nitrogen and oxygen atoms in total. The van der Waals surface area contributed by atoms with E-state index in [1.807, 2.05) is 12.1 Å². The number of hydrazine groups is 1. The molecule has 0 aliphatic heterocycles. The van der Waals surface area contributed by atoms with Crippen LogP contribution in [0.15, 0.2) is 24.3 Å². The highest BCUT2D eigenvalue weighted by atomic mass is 16.5. The number of hydrogen-bond acceptors (Lipinski definition) is 3. The number of fused-ring (bicyclic) bond motifs is 1. The van der Waals surface area contributed by atoms with Crippen LogP contribution in [0.5, 0.6) is 5.75 Å². The van der Waals surface area contributed by atoms with E-state index in [0.29, 0.717) is 6.04 Å². The molecule has 18 heavy (non-hydrogen) atoms. The van der Waals surface area contributed by atoms with E-state index >= 15 is 0 Å². The third-order valence-electron chi connectivity index (χ3n) is 4.70. The normalized spacial score (nSPS) is 30.9. The minimum absolute atomic E-state index is 0.383. The van der Waals surface area contributed by atoms with Crippen LogP contribution in [0, 0.1) is 17.8 Å². The Balaban J connectivity index is 1.69. The summed E-state index contributed by atoms with van der Waals surface area (Å²) in [5.74, 6) is 9.48. The van der Waals surface area contributed by atoms with E-state index in [1.165, 1.54) is 24.8 Å². The number of nitrogens with two attached hydrogens (primary N) is 1. The molecule has 3 unspecified atom stereocenters. The van der Waals surface area contributed by atoms with Crippen LogP contribution in [0.4, 0.5) is 0 Å². The molecular formula is C15H22N2O. The molecule has 0 radical (unpaired) electrons. The summed E-state index contributed by atoms with van der Waals surface area (Å²) in [5, 5.41) is 0. The quantitative estimate of drug-likeness (QED) is 0.618. The molecule has 3 rings (SSSR count). The third kappa shape index (κ3) is 2.25. The summed E-state index contributed by atoms with van der Waals surface area (Å²) < 4.78 is 5.41. The second-order valence-electron chi connectivity index (χ2n) is 5.78. The van der Waals surface area contributed by atoms with Crippen LogP contribution in [0.2, 0.25) is 0 Å². The van der Waals surface area contributed by atoms with E-state index in [9.17, 15) is 0 Å². The number of hydrogen-bond donors (Lipinski definition) is 2. The highest BCUT2D eigenvalue weighted by Gasteiger charge is 2.47. The smallest absolute Gasteiger partial charge is 0.122 e. The Morgan fingerprint density at radius 2 is 2.00 bits per heavy atom. The van der Waals surface area contributed by atoms with Crippen molar-refractivity contribution in [2.45, 2.75) is 31.7 Å². The molecule has 2 aliphatic carbocycles. The molecule has 0 amide bonds. The van der Waals surface area contributed by atoms with Gasteiger partial charge < -0.3 is 4.74 Å². The summed E-state index contributed by atoms with van der Waals surface area (Å²) in [5.41, 5.74) is 4.28. The lowest BCUT2D eigenvalue weighted by Crippen LogP contribution is -2.42. The van der Waals surface area contributed by atoms with E-state index in [2.05, 4.69) is 17.6 Å². The molecule has 2 aliphatic rings. The lowest BCUT2D eigenvalue weighted by atomic mass is 9.90.